The van der Waals surface area contributed by atoms with Crippen LogP contribution in [0.1, 0.15) is 32.3 Å². The Morgan fingerprint density at radius 2 is 2.05 bits per heavy atom. The fourth-order valence-electron chi connectivity index (χ4n) is 2.99. The van der Waals surface area contributed by atoms with Gasteiger partial charge in [0.2, 0.25) is 0 Å². The lowest BCUT2D eigenvalue weighted by molar-refractivity contribution is 0.139. The van der Waals surface area contributed by atoms with Crippen LogP contribution in [0, 0.1) is 5.82 Å². The Morgan fingerprint density at radius 1 is 1.29 bits per heavy atom. The van der Waals surface area contributed by atoms with E-state index in [0.29, 0.717) is 6.04 Å². The Kier molecular flexibility index (Phi) is 3.93. The van der Waals surface area contributed by atoms with E-state index in [1.54, 1.807) is 12.1 Å². The number of likely N-dealkylation sites (N-methyl/N-ethyl adjacent to an activating group) is 1. The molecule has 21 heavy (non-hydrogen) atoms. The minimum Gasteiger partial charge on any atom is -0.368 e. The van der Waals surface area contributed by atoms with Gasteiger partial charge in [0, 0.05) is 43.4 Å². The summed E-state index contributed by atoms with van der Waals surface area (Å²) >= 11 is 0. The average molecular weight is 291 g/mol. The van der Waals surface area contributed by atoms with E-state index in [4.69, 9.17) is 0 Å². The molecule has 3 nitrogen and oxygen atoms in total. The molecular weight excluding hydrogens is 265 g/mol. The van der Waals surface area contributed by atoms with Crippen LogP contribution in [-0.2, 0) is 6.54 Å². The van der Waals surface area contributed by atoms with E-state index in [-0.39, 0.29) is 11.4 Å². The molecule has 1 aromatic carbocycles. The molecule has 1 aliphatic heterocycles. The van der Waals surface area contributed by atoms with Crippen molar-refractivity contribution in [3.63, 3.8) is 0 Å². The molecule has 4 heteroatoms. The maximum Gasteiger partial charge on any atom is 0.123 e. The number of hydrogen-bond donors (Lipinski definition) is 1. The first-order valence-corrected chi connectivity index (χ1v) is 7.94. The molecular formula is C17H26FN3. The Morgan fingerprint density at radius 3 is 2.71 bits per heavy atom. The minimum atomic E-state index is -0.139. The normalized spacial score (nSPS) is 22.6. The minimum absolute atomic E-state index is 0.139. The molecule has 0 radical (unpaired) electrons. The van der Waals surface area contributed by atoms with Crippen molar-refractivity contribution in [2.75, 3.05) is 31.6 Å². The van der Waals surface area contributed by atoms with Gasteiger partial charge in [-0.05, 0) is 57.5 Å². The van der Waals surface area contributed by atoms with Crippen molar-refractivity contribution >= 4 is 5.69 Å². The van der Waals surface area contributed by atoms with E-state index in [9.17, 15) is 4.39 Å². The van der Waals surface area contributed by atoms with E-state index in [1.807, 2.05) is 6.07 Å². The highest BCUT2D eigenvalue weighted by Crippen LogP contribution is 2.29. The van der Waals surface area contributed by atoms with Crippen LogP contribution in [-0.4, -0.2) is 43.2 Å². The average Bonchev–Trinajstić information content (AvgIpc) is 3.24. The standard InChI is InChI=1S/C17H26FN3/c1-17(2)12-21(9-8-20(17)3)16-7-4-14(18)10-13(16)11-19-15-5-6-15/h4,7,10,15,19H,5-6,8-9,11-12H2,1-3H3. The van der Waals surface area contributed by atoms with Crippen LogP contribution >= 0.6 is 0 Å². The van der Waals surface area contributed by atoms with E-state index in [2.05, 4.69) is 36.0 Å². The van der Waals surface area contributed by atoms with Crippen molar-refractivity contribution in [2.45, 2.75) is 44.8 Å². The van der Waals surface area contributed by atoms with Crippen molar-refractivity contribution in [2.24, 2.45) is 0 Å². The van der Waals surface area contributed by atoms with E-state index >= 15 is 0 Å². The summed E-state index contributed by atoms with van der Waals surface area (Å²) in [5.74, 6) is -0.139. The summed E-state index contributed by atoms with van der Waals surface area (Å²) in [6.45, 7) is 8.33. The van der Waals surface area contributed by atoms with Crippen LogP contribution < -0.4 is 10.2 Å². The van der Waals surface area contributed by atoms with Crippen LogP contribution in [0.2, 0.25) is 0 Å². The number of nitrogens with one attached hydrogen (secondary N) is 1. The summed E-state index contributed by atoms with van der Waals surface area (Å²) in [6.07, 6.45) is 2.51. The first kappa shape index (κ1) is 14.8. The molecule has 0 spiro atoms. The SMILES string of the molecule is CN1CCN(c2ccc(F)cc2CNC2CC2)CC1(C)C. The Bertz CT molecular complexity index is 511. The van der Waals surface area contributed by atoms with Gasteiger partial charge in [0.1, 0.15) is 5.82 Å². The number of benzene rings is 1. The quantitative estimate of drug-likeness (QED) is 0.920. The topological polar surface area (TPSA) is 18.5 Å². The fourth-order valence-corrected chi connectivity index (χ4v) is 2.99. The Hall–Kier alpha value is -1.13. The van der Waals surface area contributed by atoms with Crippen molar-refractivity contribution in [1.29, 1.82) is 0 Å². The van der Waals surface area contributed by atoms with Gasteiger partial charge in [0.05, 0.1) is 0 Å². The van der Waals surface area contributed by atoms with Crippen LogP contribution in [0.3, 0.4) is 0 Å². The van der Waals surface area contributed by atoms with E-state index < -0.39 is 0 Å². The van der Waals surface area contributed by atoms with Gasteiger partial charge in [0.25, 0.3) is 0 Å². The molecule has 1 saturated carbocycles. The molecule has 1 aliphatic carbocycles. The summed E-state index contributed by atoms with van der Waals surface area (Å²) in [5, 5.41) is 3.51. The Balaban J connectivity index is 1.79. The van der Waals surface area contributed by atoms with Crippen molar-refractivity contribution < 1.29 is 4.39 Å². The molecule has 3 rings (SSSR count). The van der Waals surface area contributed by atoms with Gasteiger partial charge in [-0.15, -0.1) is 0 Å². The number of rotatable bonds is 4. The lowest BCUT2D eigenvalue weighted by atomic mass is 9.98. The summed E-state index contributed by atoms with van der Waals surface area (Å²) in [7, 11) is 2.18. The first-order chi connectivity index (χ1) is 9.95. The third-order valence-electron chi connectivity index (χ3n) is 4.86. The van der Waals surface area contributed by atoms with Crippen LogP contribution in [0.25, 0.3) is 0 Å². The van der Waals surface area contributed by atoms with Crippen LogP contribution in [0.15, 0.2) is 18.2 Å². The number of hydrogen-bond acceptors (Lipinski definition) is 3. The first-order valence-electron chi connectivity index (χ1n) is 7.94. The fraction of sp³-hybridized carbons (Fsp3) is 0.647. The number of anilines is 1. The highest BCUT2D eigenvalue weighted by atomic mass is 19.1. The lowest BCUT2D eigenvalue weighted by Crippen LogP contribution is -2.57. The van der Waals surface area contributed by atoms with Gasteiger partial charge < -0.3 is 10.2 Å². The summed E-state index contributed by atoms with van der Waals surface area (Å²) in [6, 6.07) is 5.86. The third-order valence-corrected chi connectivity index (χ3v) is 4.86. The summed E-state index contributed by atoms with van der Waals surface area (Å²) in [5.41, 5.74) is 2.42. The van der Waals surface area contributed by atoms with Crippen LogP contribution in [0.5, 0.6) is 0 Å². The zero-order valence-electron chi connectivity index (χ0n) is 13.3. The maximum absolute atomic E-state index is 13.6. The molecule has 0 bridgehead atoms. The van der Waals surface area contributed by atoms with Gasteiger partial charge in [-0.25, -0.2) is 4.39 Å². The largest absolute Gasteiger partial charge is 0.368 e. The molecule has 1 N–H and O–H groups in total. The molecule has 1 saturated heterocycles. The molecule has 1 aromatic rings. The summed E-state index contributed by atoms with van der Waals surface area (Å²) < 4.78 is 13.6. The lowest BCUT2D eigenvalue weighted by Gasteiger charge is -2.46. The second-order valence-corrected chi connectivity index (χ2v) is 7.08. The van der Waals surface area contributed by atoms with Gasteiger partial charge in [-0.3, -0.25) is 4.90 Å². The predicted molar refractivity (Wildman–Crippen MR) is 85.2 cm³/mol. The predicted octanol–water partition coefficient (Wildman–Crippen LogP) is 2.61. The monoisotopic (exact) mass is 291 g/mol. The third kappa shape index (κ3) is 3.38. The molecule has 0 unspecified atom stereocenters. The van der Waals surface area contributed by atoms with Gasteiger partial charge in [-0.2, -0.15) is 0 Å². The number of nitrogens with zero attached hydrogens (tertiary/aromatic N) is 2. The zero-order valence-corrected chi connectivity index (χ0v) is 13.3. The number of piperazine rings is 1. The smallest absolute Gasteiger partial charge is 0.123 e. The van der Waals surface area contributed by atoms with E-state index in [0.717, 1.165) is 31.7 Å². The molecule has 0 atom stereocenters. The molecule has 1 heterocycles. The van der Waals surface area contributed by atoms with Gasteiger partial charge >= 0.3 is 0 Å². The highest BCUT2D eigenvalue weighted by Gasteiger charge is 2.32. The van der Waals surface area contributed by atoms with Gasteiger partial charge in [-0.1, -0.05) is 0 Å². The van der Waals surface area contributed by atoms with Crippen molar-refractivity contribution in [3.8, 4) is 0 Å². The molecule has 2 fully saturated rings. The van der Waals surface area contributed by atoms with Crippen molar-refractivity contribution in [3.05, 3.63) is 29.6 Å². The van der Waals surface area contributed by atoms with E-state index in [1.165, 1.54) is 18.5 Å². The second kappa shape index (κ2) is 5.58. The summed E-state index contributed by atoms with van der Waals surface area (Å²) in [4.78, 5) is 4.80. The molecule has 0 aromatic heterocycles. The zero-order chi connectivity index (χ0) is 15.0. The maximum atomic E-state index is 13.6. The van der Waals surface area contributed by atoms with Crippen molar-refractivity contribution in [1.82, 2.24) is 10.2 Å². The highest BCUT2D eigenvalue weighted by molar-refractivity contribution is 5.54. The van der Waals surface area contributed by atoms with Crippen LogP contribution in [0.4, 0.5) is 10.1 Å². The molecule has 2 aliphatic rings. The van der Waals surface area contributed by atoms with Gasteiger partial charge in [0.15, 0.2) is 0 Å². The molecule has 0 amide bonds. The molecule has 116 valence electrons. The number of halogens is 1. The second-order valence-electron chi connectivity index (χ2n) is 7.08. The Labute approximate surface area is 127 Å².